The highest BCUT2D eigenvalue weighted by Gasteiger charge is 2.50. The molecule has 1 atom stereocenters. The molecule has 1 aromatic heterocycles. The fourth-order valence-corrected chi connectivity index (χ4v) is 8.37. The van der Waals surface area contributed by atoms with E-state index in [1.165, 1.54) is 50.5 Å². The van der Waals surface area contributed by atoms with Crippen LogP contribution in [0.25, 0.3) is 5.69 Å². The first kappa shape index (κ1) is 31.1. The van der Waals surface area contributed by atoms with Crippen molar-refractivity contribution in [1.29, 1.82) is 0 Å². The molecule has 0 radical (unpaired) electrons. The van der Waals surface area contributed by atoms with E-state index in [4.69, 9.17) is 4.74 Å². The highest BCUT2D eigenvalue weighted by atomic mass is 16.6. The Kier molecular flexibility index (Phi) is 9.65. The largest absolute Gasteiger partial charge is 0.442 e. The Morgan fingerprint density at radius 2 is 1.68 bits per heavy atom. The fourth-order valence-electron chi connectivity index (χ4n) is 8.37. The van der Waals surface area contributed by atoms with Gasteiger partial charge in [0.15, 0.2) is 0 Å². The van der Waals surface area contributed by atoms with E-state index in [1.807, 2.05) is 30.0 Å². The first-order chi connectivity index (χ1) is 21.3. The van der Waals surface area contributed by atoms with Crippen molar-refractivity contribution in [3.05, 3.63) is 47.3 Å². The maximum Gasteiger partial charge on any atom is 0.410 e. The second kappa shape index (κ2) is 13.6. The molecule has 8 heteroatoms. The van der Waals surface area contributed by atoms with Crippen LogP contribution in [0.1, 0.15) is 106 Å². The summed E-state index contributed by atoms with van der Waals surface area (Å²) in [5, 5.41) is 4.64. The molecule has 240 valence electrons. The minimum Gasteiger partial charge on any atom is -0.442 e. The van der Waals surface area contributed by atoms with Crippen LogP contribution in [0.3, 0.4) is 0 Å². The number of likely N-dealkylation sites (tertiary alicyclic amines) is 2. The second-order valence-corrected chi connectivity index (χ2v) is 14.2. The summed E-state index contributed by atoms with van der Waals surface area (Å²) in [4.78, 5) is 33.7. The topological polar surface area (TPSA) is 70.9 Å². The van der Waals surface area contributed by atoms with E-state index >= 15 is 0 Å². The highest BCUT2D eigenvalue weighted by molar-refractivity contribution is 5.93. The van der Waals surface area contributed by atoms with Crippen LogP contribution >= 0.6 is 0 Å². The number of aryl methyl sites for hydroxylation is 2. The number of hydrogen-bond acceptors (Lipinski definition) is 5. The zero-order valence-electron chi connectivity index (χ0n) is 27.3. The van der Waals surface area contributed by atoms with Gasteiger partial charge in [-0.05, 0) is 70.1 Å². The van der Waals surface area contributed by atoms with Gasteiger partial charge in [0.1, 0.15) is 11.3 Å². The van der Waals surface area contributed by atoms with Crippen molar-refractivity contribution in [1.82, 2.24) is 24.5 Å². The Labute approximate surface area is 264 Å². The fraction of sp³-hybridized carbons (Fsp3) is 0.694. The van der Waals surface area contributed by atoms with E-state index in [2.05, 4.69) is 40.9 Å². The highest BCUT2D eigenvalue weighted by Crippen LogP contribution is 2.42. The van der Waals surface area contributed by atoms with E-state index in [0.29, 0.717) is 23.6 Å². The summed E-state index contributed by atoms with van der Waals surface area (Å²) in [6, 6.07) is 10.5. The van der Waals surface area contributed by atoms with Crippen LogP contribution in [-0.2, 0) is 4.74 Å². The van der Waals surface area contributed by atoms with Gasteiger partial charge in [0.25, 0.3) is 5.91 Å². The van der Waals surface area contributed by atoms with E-state index in [1.54, 1.807) is 4.68 Å². The number of unbranched alkanes of at least 4 members (excludes halogenated alkanes) is 1. The van der Waals surface area contributed by atoms with Gasteiger partial charge < -0.3 is 14.5 Å². The first-order valence-corrected chi connectivity index (χ1v) is 17.5. The minimum absolute atomic E-state index is 0.0629. The number of ether oxygens (including phenoxy) is 1. The number of nitrogens with zero attached hydrogens (tertiary/aromatic N) is 5. The number of benzene rings is 1. The maximum atomic E-state index is 13.7. The van der Waals surface area contributed by atoms with Crippen molar-refractivity contribution in [3.8, 4) is 5.69 Å². The molecule has 2 aromatic rings. The van der Waals surface area contributed by atoms with Crippen molar-refractivity contribution in [2.24, 2.45) is 11.8 Å². The second-order valence-electron chi connectivity index (χ2n) is 14.2. The van der Waals surface area contributed by atoms with E-state index in [0.717, 1.165) is 82.8 Å². The van der Waals surface area contributed by atoms with Crippen LogP contribution in [0.4, 0.5) is 4.79 Å². The average Bonchev–Trinajstić information content (AvgIpc) is 3.44. The van der Waals surface area contributed by atoms with Gasteiger partial charge in [-0.1, -0.05) is 56.7 Å². The molecule has 0 bridgehead atoms. The summed E-state index contributed by atoms with van der Waals surface area (Å²) < 4.78 is 8.26. The van der Waals surface area contributed by atoms with Gasteiger partial charge in [0, 0.05) is 64.1 Å². The molecule has 4 aliphatic rings. The molecule has 3 aliphatic heterocycles. The SMILES string of the molecule is CCCCC1CN(CC2CCCCC2)C(=O)OC12CCN(C1CCN(C(=O)c3cc(C)nn3-c3ccc(C)cc3)CC1)CC2. The molecule has 3 saturated heterocycles. The molecule has 1 saturated carbocycles. The van der Waals surface area contributed by atoms with Gasteiger partial charge in [-0.3, -0.25) is 9.69 Å². The van der Waals surface area contributed by atoms with Gasteiger partial charge in [0.05, 0.1) is 11.4 Å². The van der Waals surface area contributed by atoms with Crippen molar-refractivity contribution >= 4 is 12.0 Å². The van der Waals surface area contributed by atoms with Crippen molar-refractivity contribution in [3.63, 3.8) is 0 Å². The van der Waals surface area contributed by atoms with Crippen LogP contribution < -0.4 is 0 Å². The zero-order chi connectivity index (χ0) is 30.7. The van der Waals surface area contributed by atoms with Crippen molar-refractivity contribution < 1.29 is 14.3 Å². The molecule has 1 spiro atoms. The average molecular weight is 604 g/mol. The number of hydrogen-bond donors (Lipinski definition) is 0. The van der Waals surface area contributed by atoms with E-state index in [9.17, 15) is 9.59 Å². The molecule has 2 amide bonds. The van der Waals surface area contributed by atoms with Gasteiger partial charge in [-0.2, -0.15) is 5.10 Å². The minimum atomic E-state index is -0.311. The molecule has 1 aromatic carbocycles. The summed E-state index contributed by atoms with van der Waals surface area (Å²) in [6.07, 6.45) is 13.7. The normalized spacial score (nSPS) is 23.7. The van der Waals surface area contributed by atoms with E-state index in [-0.39, 0.29) is 17.6 Å². The smallest absolute Gasteiger partial charge is 0.410 e. The van der Waals surface area contributed by atoms with Crippen LogP contribution in [0.15, 0.2) is 30.3 Å². The lowest BCUT2D eigenvalue weighted by molar-refractivity contribution is -0.127. The number of aromatic nitrogens is 2. The summed E-state index contributed by atoms with van der Waals surface area (Å²) >= 11 is 0. The zero-order valence-corrected chi connectivity index (χ0v) is 27.3. The van der Waals surface area contributed by atoms with Crippen LogP contribution in [-0.4, -0.2) is 87.4 Å². The molecule has 1 unspecified atom stereocenters. The van der Waals surface area contributed by atoms with Crippen LogP contribution in [0.5, 0.6) is 0 Å². The van der Waals surface area contributed by atoms with Crippen LogP contribution in [0.2, 0.25) is 0 Å². The summed E-state index contributed by atoms with van der Waals surface area (Å²) in [5.74, 6) is 1.13. The molecule has 4 heterocycles. The lowest BCUT2D eigenvalue weighted by Crippen LogP contribution is -2.61. The van der Waals surface area contributed by atoms with Gasteiger partial charge in [-0.25, -0.2) is 9.48 Å². The number of amides is 2. The summed E-state index contributed by atoms with van der Waals surface area (Å²) in [6.45, 7) is 11.5. The third-order valence-corrected chi connectivity index (χ3v) is 11.1. The predicted octanol–water partition coefficient (Wildman–Crippen LogP) is 6.77. The first-order valence-electron chi connectivity index (χ1n) is 17.5. The standard InChI is InChI=1S/C36H53N5O3/c1-4-5-11-30-26-40(25-29-9-7-6-8-10-29)35(43)44-36(30)18-22-38(23-19-36)31-16-20-39(21-17-31)34(42)33-24-28(3)37-41(33)32-14-12-27(2)13-15-32/h12-15,24,29-31H,4-11,16-23,25-26H2,1-3H3. The Bertz CT molecular complexity index is 1270. The van der Waals surface area contributed by atoms with Crippen molar-refractivity contribution in [2.75, 3.05) is 39.3 Å². The van der Waals surface area contributed by atoms with Gasteiger partial charge in [0.2, 0.25) is 0 Å². The Balaban J connectivity index is 1.04. The Morgan fingerprint density at radius 3 is 2.36 bits per heavy atom. The molecule has 44 heavy (non-hydrogen) atoms. The number of piperidine rings is 2. The number of rotatable bonds is 8. The lowest BCUT2D eigenvalue weighted by atomic mass is 9.75. The van der Waals surface area contributed by atoms with Crippen molar-refractivity contribution in [2.45, 2.75) is 109 Å². The summed E-state index contributed by atoms with van der Waals surface area (Å²) in [5.41, 5.74) is 3.28. The molecular formula is C36H53N5O3. The lowest BCUT2D eigenvalue weighted by Gasteiger charge is -2.52. The van der Waals surface area contributed by atoms with Gasteiger partial charge >= 0.3 is 6.09 Å². The maximum absolute atomic E-state index is 13.7. The van der Waals surface area contributed by atoms with E-state index < -0.39 is 0 Å². The molecule has 0 N–H and O–H groups in total. The molecule has 4 fully saturated rings. The van der Waals surface area contributed by atoms with Crippen LogP contribution in [0, 0.1) is 25.7 Å². The number of carbonyl (C=O) groups excluding carboxylic acids is 2. The quantitative estimate of drug-likeness (QED) is 0.333. The molecular weight excluding hydrogens is 550 g/mol. The third kappa shape index (κ3) is 6.70. The molecule has 1 aliphatic carbocycles. The predicted molar refractivity (Wildman–Crippen MR) is 173 cm³/mol. The third-order valence-electron chi connectivity index (χ3n) is 11.1. The number of carbonyl (C=O) groups is 2. The Hall–Kier alpha value is -2.87. The summed E-state index contributed by atoms with van der Waals surface area (Å²) in [7, 11) is 0. The Morgan fingerprint density at radius 1 is 0.977 bits per heavy atom. The monoisotopic (exact) mass is 603 g/mol. The van der Waals surface area contributed by atoms with Gasteiger partial charge in [-0.15, -0.1) is 0 Å². The molecule has 6 rings (SSSR count). The molecule has 8 nitrogen and oxygen atoms in total.